The van der Waals surface area contributed by atoms with Crippen LogP contribution < -0.4 is 0 Å². The highest BCUT2D eigenvalue weighted by Gasteiger charge is 2.26. The fourth-order valence-corrected chi connectivity index (χ4v) is 6.09. The number of rotatable bonds is 37. The number of carbonyl (C=O) groups excluding carboxylic acids is 1. The smallest absolute Gasteiger partial charge is 0.457 e. The lowest BCUT2D eigenvalue weighted by atomic mass is 10.1. The highest BCUT2D eigenvalue weighted by Crippen LogP contribution is 2.43. The van der Waals surface area contributed by atoms with Gasteiger partial charge in [-0.15, -0.1) is 0 Å². The molecule has 1 N–H and O–H groups in total. The first-order valence-electron chi connectivity index (χ1n) is 20.1. The van der Waals surface area contributed by atoms with E-state index in [0.29, 0.717) is 24.1 Å². The summed E-state index contributed by atoms with van der Waals surface area (Å²) >= 11 is 0. The van der Waals surface area contributed by atoms with E-state index < -0.39 is 13.9 Å². The summed E-state index contributed by atoms with van der Waals surface area (Å²) in [7, 11) is 1.66. The molecule has 0 saturated heterocycles. The molecule has 0 aliphatic carbocycles. The zero-order valence-electron chi connectivity index (χ0n) is 32.7. The molecular formula is C40H79NO7P+. The van der Waals surface area contributed by atoms with E-state index in [-0.39, 0.29) is 25.8 Å². The second-order valence-corrected chi connectivity index (χ2v) is 16.1. The Morgan fingerprint density at radius 3 is 1.67 bits per heavy atom. The summed E-state index contributed by atoms with van der Waals surface area (Å²) in [5, 5.41) is 0. The molecule has 0 aromatic carbocycles. The van der Waals surface area contributed by atoms with Gasteiger partial charge in [0, 0.05) is 13.0 Å². The Balaban J connectivity index is 4.23. The highest BCUT2D eigenvalue weighted by atomic mass is 31.2. The van der Waals surface area contributed by atoms with Crippen LogP contribution in [0.1, 0.15) is 168 Å². The van der Waals surface area contributed by atoms with E-state index >= 15 is 0 Å². The molecule has 9 heteroatoms. The van der Waals surface area contributed by atoms with Gasteiger partial charge >= 0.3 is 13.8 Å². The molecule has 0 aromatic heterocycles. The van der Waals surface area contributed by atoms with Gasteiger partial charge in [0.25, 0.3) is 0 Å². The first-order chi connectivity index (χ1) is 23.6. The van der Waals surface area contributed by atoms with Crippen molar-refractivity contribution in [2.45, 2.75) is 174 Å². The Hall–Kier alpha value is -1.02. The van der Waals surface area contributed by atoms with Crippen molar-refractivity contribution in [2.24, 2.45) is 0 Å². The Kier molecular flexibility index (Phi) is 33.4. The van der Waals surface area contributed by atoms with E-state index in [9.17, 15) is 14.3 Å². The van der Waals surface area contributed by atoms with Gasteiger partial charge in [-0.05, 0) is 44.9 Å². The van der Waals surface area contributed by atoms with Crippen LogP contribution in [0.2, 0.25) is 0 Å². The van der Waals surface area contributed by atoms with Crippen molar-refractivity contribution in [3.63, 3.8) is 0 Å². The molecule has 0 rings (SSSR count). The lowest BCUT2D eigenvalue weighted by Crippen LogP contribution is -2.37. The van der Waals surface area contributed by atoms with Gasteiger partial charge in [0.15, 0.2) is 0 Å². The summed E-state index contributed by atoms with van der Waals surface area (Å²) in [5.41, 5.74) is 0. The lowest BCUT2D eigenvalue weighted by molar-refractivity contribution is -0.870. The van der Waals surface area contributed by atoms with Crippen molar-refractivity contribution in [1.29, 1.82) is 0 Å². The van der Waals surface area contributed by atoms with Gasteiger partial charge in [0.2, 0.25) is 0 Å². The number of quaternary nitrogens is 1. The van der Waals surface area contributed by atoms with Crippen LogP contribution in [0.3, 0.4) is 0 Å². The minimum atomic E-state index is -4.26. The minimum Gasteiger partial charge on any atom is -0.457 e. The van der Waals surface area contributed by atoms with Crippen molar-refractivity contribution in [2.75, 3.05) is 54.1 Å². The van der Waals surface area contributed by atoms with Crippen molar-refractivity contribution < 1.29 is 37.3 Å². The monoisotopic (exact) mass is 717 g/mol. The number of carbonyl (C=O) groups is 1. The minimum absolute atomic E-state index is 0.0884. The van der Waals surface area contributed by atoms with E-state index in [1.165, 1.54) is 103 Å². The molecule has 0 bridgehead atoms. The zero-order chi connectivity index (χ0) is 36.3. The molecule has 0 aliphatic heterocycles. The molecule has 0 fully saturated rings. The first kappa shape index (κ1) is 48.0. The van der Waals surface area contributed by atoms with Crippen LogP contribution in [0.5, 0.6) is 0 Å². The molecule has 8 nitrogen and oxygen atoms in total. The second-order valence-electron chi connectivity index (χ2n) is 14.7. The zero-order valence-corrected chi connectivity index (χ0v) is 33.6. The van der Waals surface area contributed by atoms with Crippen molar-refractivity contribution in [1.82, 2.24) is 0 Å². The van der Waals surface area contributed by atoms with E-state index in [1.54, 1.807) is 0 Å². The third kappa shape index (κ3) is 38.1. The lowest BCUT2D eigenvalue weighted by Gasteiger charge is -2.24. The molecule has 0 aromatic rings. The number of hydrogen-bond donors (Lipinski definition) is 1. The average Bonchev–Trinajstić information content (AvgIpc) is 3.04. The average molecular weight is 717 g/mol. The standard InChI is InChI=1S/C40H78NO7P/c1-6-8-10-12-14-16-17-18-19-20-21-22-23-24-25-27-29-31-33-40(42)48-39(38-47-49(43,44)46-36-34-41(3,4)5)37-45-35-32-30-28-26-15-13-11-9-7-2/h16-17,19-20,39H,6-15,18,21-38H2,1-5H3/p+1/b17-16-,20-19-. The number of phosphoric ester groups is 1. The Morgan fingerprint density at radius 1 is 0.633 bits per heavy atom. The maximum atomic E-state index is 12.6. The summed E-state index contributed by atoms with van der Waals surface area (Å²) in [6.07, 6.45) is 36.3. The Labute approximate surface area is 303 Å². The van der Waals surface area contributed by atoms with E-state index in [2.05, 4.69) is 38.2 Å². The normalized spacial score (nSPS) is 14.2. The maximum absolute atomic E-state index is 12.6. The van der Waals surface area contributed by atoms with Crippen LogP contribution in [-0.2, 0) is 27.9 Å². The fourth-order valence-electron chi connectivity index (χ4n) is 5.35. The highest BCUT2D eigenvalue weighted by molar-refractivity contribution is 7.47. The first-order valence-corrected chi connectivity index (χ1v) is 21.6. The number of hydrogen-bond acceptors (Lipinski definition) is 6. The maximum Gasteiger partial charge on any atom is 0.472 e. The van der Waals surface area contributed by atoms with E-state index in [0.717, 1.165) is 44.9 Å². The summed E-state index contributed by atoms with van der Waals surface area (Å²) in [5.74, 6) is -0.322. The molecule has 0 amide bonds. The summed E-state index contributed by atoms with van der Waals surface area (Å²) in [6, 6.07) is 0. The number of ether oxygens (including phenoxy) is 2. The number of nitrogens with zero attached hydrogens (tertiary/aromatic N) is 1. The number of phosphoric acid groups is 1. The number of unbranched alkanes of at least 4 members (excludes halogenated alkanes) is 19. The second kappa shape index (κ2) is 34.1. The van der Waals surface area contributed by atoms with Crippen LogP contribution >= 0.6 is 7.82 Å². The SMILES string of the molecule is CCCCCC/C=C\C/C=C\CCCCCCCCCC(=O)OC(COCCCCCCCCCCC)COP(=O)(O)OCC[N+](C)(C)C. The largest absolute Gasteiger partial charge is 0.472 e. The van der Waals surface area contributed by atoms with Gasteiger partial charge in [-0.3, -0.25) is 13.8 Å². The van der Waals surface area contributed by atoms with Crippen LogP contribution in [0, 0.1) is 0 Å². The van der Waals surface area contributed by atoms with Crippen LogP contribution in [-0.4, -0.2) is 75.6 Å². The molecule has 290 valence electrons. The summed E-state index contributed by atoms with van der Waals surface area (Å²) in [6.45, 7) is 5.59. The van der Waals surface area contributed by atoms with E-state index in [4.69, 9.17) is 18.5 Å². The fraction of sp³-hybridized carbons (Fsp3) is 0.875. The number of allylic oxidation sites excluding steroid dienone is 4. The Morgan fingerprint density at radius 2 is 1.12 bits per heavy atom. The molecule has 0 radical (unpaired) electrons. The molecule has 49 heavy (non-hydrogen) atoms. The van der Waals surface area contributed by atoms with Gasteiger partial charge in [0.05, 0.1) is 34.4 Å². The molecule has 2 unspecified atom stereocenters. The molecule has 0 aliphatic rings. The molecule has 2 atom stereocenters. The van der Waals surface area contributed by atoms with Gasteiger partial charge in [0.1, 0.15) is 19.3 Å². The number of esters is 1. The quantitative estimate of drug-likeness (QED) is 0.0225. The van der Waals surface area contributed by atoms with Crippen molar-refractivity contribution >= 4 is 13.8 Å². The van der Waals surface area contributed by atoms with Crippen LogP contribution in [0.25, 0.3) is 0 Å². The predicted molar refractivity (Wildman–Crippen MR) is 206 cm³/mol. The third-order valence-electron chi connectivity index (χ3n) is 8.52. The van der Waals surface area contributed by atoms with E-state index in [1.807, 2.05) is 21.1 Å². The predicted octanol–water partition coefficient (Wildman–Crippen LogP) is 11.3. The topological polar surface area (TPSA) is 91.3 Å². The number of likely N-dealkylation sites (N-methyl/N-ethyl adjacent to an activating group) is 1. The Bertz CT molecular complexity index is 843. The summed E-state index contributed by atoms with van der Waals surface area (Å²) < 4.78 is 34.8. The van der Waals surface area contributed by atoms with Crippen molar-refractivity contribution in [3.05, 3.63) is 24.3 Å². The molecule has 0 spiro atoms. The third-order valence-corrected chi connectivity index (χ3v) is 9.50. The molecule has 0 saturated carbocycles. The van der Waals surface area contributed by atoms with Gasteiger partial charge < -0.3 is 18.9 Å². The van der Waals surface area contributed by atoms with Crippen molar-refractivity contribution in [3.8, 4) is 0 Å². The van der Waals surface area contributed by atoms with Crippen LogP contribution in [0.15, 0.2) is 24.3 Å². The van der Waals surface area contributed by atoms with Gasteiger partial charge in [-0.1, -0.05) is 141 Å². The molecular weight excluding hydrogens is 637 g/mol. The molecule has 0 heterocycles. The van der Waals surface area contributed by atoms with Crippen LogP contribution in [0.4, 0.5) is 0 Å². The summed E-state index contributed by atoms with van der Waals surface area (Å²) in [4.78, 5) is 22.8. The van der Waals surface area contributed by atoms with Gasteiger partial charge in [-0.25, -0.2) is 4.57 Å². The van der Waals surface area contributed by atoms with Gasteiger partial charge in [-0.2, -0.15) is 0 Å².